The molecular formula is C17H25NO3. The second-order valence-corrected chi connectivity index (χ2v) is 6.79. The van der Waals surface area contributed by atoms with Crippen LogP contribution in [0.5, 0.6) is 11.5 Å². The molecular weight excluding hydrogens is 266 g/mol. The number of nitrogens with zero attached hydrogens (tertiary/aromatic N) is 1. The highest BCUT2D eigenvalue weighted by Crippen LogP contribution is 2.36. The van der Waals surface area contributed by atoms with Crippen molar-refractivity contribution in [2.45, 2.75) is 33.6 Å². The summed E-state index contributed by atoms with van der Waals surface area (Å²) in [7, 11) is 1.48. The normalized spacial score (nSPS) is 16.9. The van der Waals surface area contributed by atoms with Crippen molar-refractivity contribution in [1.29, 1.82) is 0 Å². The number of para-hydroxylation sites is 1. The Morgan fingerprint density at radius 1 is 1.29 bits per heavy atom. The average molecular weight is 291 g/mol. The van der Waals surface area contributed by atoms with Gasteiger partial charge in [-0.25, -0.2) is 0 Å². The van der Waals surface area contributed by atoms with Crippen molar-refractivity contribution in [2.24, 2.45) is 11.3 Å². The van der Waals surface area contributed by atoms with Gasteiger partial charge < -0.3 is 14.7 Å². The lowest BCUT2D eigenvalue weighted by atomic mass is 9.75. The zero-order chi connectivity index (χ0) is 15.6. The number of piperidine rings is 1. The molecule has 0 bridgehead atoms. The van der Waals surface area contributed by atoms with Crippen LogP contribution in [0, 0.1) is 11.3 Å². The molecule has 1 aromatic rings. The van der Waals surface area contributed by atoms with Gasteiger partial charge in [0.05, 0.1) is 12.7 Å². The third kappa shape index (κ3) is 3.31. The minimum atomic E-state index is -0.112. The van der Waals surface area contributed by atoms with Gasteiger partial charge in [0, 0.05) is 13.1 Å². The molecule has 2 rings (SSSR count). The molecule has 1 amide bonds. The molecule has 1 saturated heterocycles. The van der Waals surface area contributed by atoms with Crippen LogP contribution in [0.15, 0.2) is 18.2 Å². The van der Waals surface area contributed by atoms with Gasteiger partial charge in [0.25, 0.3) is 5.91 Å². The summed E-state index contributed by atoms with van der Waals surface area (Å²) in [6, 6.07) is 5.03. The van der Waals surface area contributed by atoms with Crippen molar-refractivity contribution in [3.63, 3.8) is 0 Å². The van der Waals surface area contributed by atoms with Crippen LogP contribution in [0.3, 0.4) is 0 Å². The summed E-state index contributed by atoms with van der Waals surface area (Å²) in [6.07, 6.45) is 2.03. The maximum atomic E-state index is 12.6. The Morgan fingerprint density at radius 2 is 1.90 bits per heavy atom. The van der Waals surface area contributed by atoms with Gasteiger partial charge in [-0.15, -0.1) is 0 Å². The first kappa shape index (κ1) is 15.7. The molecule has 0 radical (unpaired) electrons. The van der Waals surface area contributed by atoms with Gasteiger partial charge in [-0.3, -0.25) is 4.79 Å². The van der Waals surface area contributed by atoms with Crippen molar-refractivity contribution < 1.29 is 14.6 Å². The molecule has 4 heteroatoms. The molecule has 4 nitrogen and oxygen atoms in total. The summed E-state index contributed by atoms with van der Waals surface area (Å²) < 4.78 is 5.06. The molecule has 1 N–H and O–H groups in total. The molecule has 1 fully saturated rings. The molecule has 0 atom stereocenters. The Morgan fingerprint density at radius 3 is 2.43 bits per heavy atom. The highest BCUT2D eigenvalue weighted by molar-refractivity contribution is 5.97. The number of aromatic hydroxyl groups is 1. The summed E-state index contributed by atoms with van der Waals surface area (Å²) in [5, 5.41) is 10.1. The first-order valence-electron chi connectivity index (χ1n) is 7.50. The predicted octanol–water partition coefficient (Wildman–Crippen LogP) is 3.30. The van der Waals surface area contributed by atoms with Crippen molar-refractivity contribution in [1.82, 2.24) is 4.90 Å². The van der Waals surface area contributed by atoms with Gasteiger partial charge in [-0.05, 0) is 36.3 Å². The average Bonchev–Trinajstić information content (AvgIpc) is 2.46. The molecule has 1 aliphatic heterocycles. The molecule has 0 aliphatic carbocycles. The minimum absolute atomic E-state index is 0.0667. The third-order valence-electron chi connectivity index (χ3n) is 4.46. The van der Waals surface area contributed by atoms with E-state index in [4.69, 9.17) is 4.74 Å². The summed E-state index contributed by atoms with van der Waals surface area (Å²) >= 11 is 0. The second kappa shape index (κ2) is 5.96. The summed E-state index contributed by atoms with van der Waals surface area (Å²) in [6.45, 7) is 8.25. The summed E-state index contributed by atoms with van der Waals surface area (Å²) in [5.74, 6) is 0.799. The first-order valence-corrected chi connectivity index (χ1v) is 7.50. The Bertz CT molecular complexity index is 511. The number of carbonyl (C=O) groups is 1. The molecule has 1 heterocycles. The van der Waals surface area contributed by atoms with Gasteiger partial charge in [0.1, 0.15) is 0 Å². The number of ether oxygens (including phenoxy) is 1. The fourth-order valence-corrected chi connectivity index (χ4v) is 2.98. The van der Waals surface area contributed by atoms with E-state index >= 15 is 0 Å². The van der Waals surface area contributed by atoms with E-state index in [1.165, 1.54) is 7.11 Å². The van der Waals surface area contributed by atoms with E-state index in [1.54, 1.807) is 18.2 Å². The highest BCUT2D eigenvalue weighted by atomic mass is 16.5. The molecule has 0 aromatic heterocycles. The number of rotatable bonds is 2. The second-order valence-electron chi connectivity index (χ2n) is 6.79. The highest BCUT2D eigenvalue weighted by Gasteiger charge is 2.31. The minimum Gasteiger partial charge on any atom is -0.504 e. The SMILES string of the molecule is COc1cccc(C(=O)N2CCC(C(C)(C)C)CC2)c1O. The Labute approximate surface area is 126 Å². The fourth-order valence-electron chi connectivity index (χ4n) is 2.98. The van der Waals surface area contributed by atoms with Crippen LogP contribution in [-0.4, -0.2) is 36.1 Å². The van der Waals surface area contributed by atoms with Gasteiger partial charge in [-0.2, -0.15) is 0 Å². The smallest absolute Gasteiger partial charge is 0.257 e. The first-order chi connectivity index (χ1) is 9.84. The van der Waals surface area contributed by atoms with Gasteiger partial charge in [0.15, 0.2) is 11.5 Å². The number of hydrogen-bond donors (Lipinski definition) is 1. The summed E-state index contributed by atoms with van der Waals surface area (Å²) in [5.41, 5.74) is 0.608. The number of likely N-dealkylation sites (tertiary alicyclic amines) is 1. The van der Waals surface area contributed by atoms with E-state index in [-0.39, 0.29) is 17.1 Å². The zero-order valence-corrected chi connectivity index (χ0v) is 13.3. The largest absolute Gasteiger partial charge is 0.504 e. The van der Waals surface area contributed by atoms with Crippen LogP contribution in [0.2, 0.25) is 0 Å². The maximum Gasteiger partial charge on any atom is 0.257 e. The number of phenols is 1. The third-order valence-corrected chi connectivity index (χ3v) is 4.46. The van der Waals surface area contributed by atoms with E-state index in [1.807, 2.05) is 4.90 Å². The monoisotopic (exact) mass is 291 g/mol. The van der Waals surface area contributed by atoms with Gasteiger partial charge >= 0.3 is 0 Å². The maximum absolute atomic E-state index is 12.6. The molecule has 1 aliphatic rings. The lowest BCUT2D eigenvalue weighted by Gasteiger charge is -2.38. The number of phenolic OH excluding ortho intramolecular Hbond substituents is 1. The lowest BCUT2D eigenvalue weighted by molar-refractivity contribution is 0.0605. The number of carbonyl (C=O) groups excluding carboxylic acids is 1. The van der Waals surface area contributed by atoms with Crippen LogP contribution < -0.4 is 4.74 Å². The van der Waals surface area contributed by atoms with Crippen molar-refractivity contribution in [2.75, 3.05) is 20.2 Å². The topological polar surface area (TPSA) is 49.8 Å². The van der Waals surface area contributed by atoms with Crippen LogP contribution >= 0.6 is 0 Å². The molecule has 0 unspecified atom stereocenters. The quantitative estimate of drug-likeness (QED) is 0.909. The Balaban J connectivity index is 2.09. The number of benzene rings is 1. The van der Waals surface area contributed by atoms with E-state index < -0.39 is 0 Å². The lowest BCUT2D eigenvalue weighted by Crippen LogP contribution is -2.41. The molecule has 0 spiro atoms. The molecule has 0 saturated carbocycles. The van der Waals surface area contributed by atoms with E-state index in [9.17, 15) is 9.90 Å². The number of hydrogen-bond acceptors (Lipinski definition) is 3. The summed E-state index contributed by atoms with van der Waals surface area (Å²) in [4.78, 5) is 14.4. The fraction of sp³-hybridized carbons (Fsp3) is 0.588. The van der Waals surface area contributed by atoms with Gasteiger partial charge in [-0.1, -0.05) is 26.8 Å². The number of amides is 1. The molecule has 116 valence electrons. The Hall–Kier alpha value is -1.71. The van der Waals surface area contributed by atoms with Crippen LogP contribution in [0.4, 0.5) is 0 Å². The van der Waals surface area contributed by atoms with Crippen molar-refractivity contribution >= 4 is 5.91 Å². The Kier molecular flexibility index (Phi) is 4.45. The van der Waals surface area contributed by atoms with Crippen molar-refractivity contribution in [3.8, 4) is 11.5 Å². The zero-order valence-electron chi connectivity index (χ0n) is 13.3. The number of methoxy groups -OCH3 is 1. The predicted molar refractivity (Wildman–Crippen MR) is 82.7 cm³/mol. The standard InChI is InChI=1S/C17H25NO3/c1-17(2,3)12-8-10-18(11-9-12)16(20)13-6-5-7-14(21-4)15(13)19/h5-7,12,19H,8-11H2,1-4H3. The van der Waals surface area contributed by atoms with E-state index in [0.29, 0.717) is 17.2 Å². The molecule has 21 heavy (non-hydrogen) atoms. The molecule has 1 aromatic carbocycles. The van der Waals surface area contributed by atoms with Crippen LogP contribution in [-0.2, 0) is 0 Å². The van der Waals surface area contributed by atoms with E-state index in [0.717, 1.165) is 25.9 Å². The van der Waals surface area contributed by atoms with Crippen LogP contribution in [0.1, 0.15) is 44.0 Å². The van der Waals surface area contributed by atoms with Crippen molar-refractivity contribution in [3.05, 3.63) is 23.8 Å². The van der Waals surface area contributed by atoms with E-state index in [2.05, 4.69) is 20.8 Å². The van der Waals surface area contributed by atoms with Crippen LogP contribution in [0.25, 0.3) is 0 Å². The van der Waals surface area contributed by atoms with Gasteiger partial charge in [0.2, 0.25) is 0 Å².